The Morgan fingerprint density at radius 1 is 1.17 bits per heavy atom. The second-order valence-electron chi connectivity index (χ2n) is 7.25. The number of nitrogens with zero attached hydrogens (tertiary/aromatic N) is 2. The zero-order chi connectivity index (χ0) is 17.4. The highest BCUT2D eigenvalue weighted by Crippen LogP contribution is 2.36. The fourth-order valence-corrected chi connectivity index (χ4v) is 4.72. The maximum atomic E-state index is 13.0. The van der Waals surface area contributed by atoms with Crippen molar-refractivity contribution in [1.82, 2.24) is 9.88 Å². The standard InChI is InChI=1S/C19H27N3OS/c1-11(2)22(12(3)4)19(23)17-16(20)14-10-13-8-6-5-7-9-15(13)21-18(14)24-17/h10-12H,5-9,20H2,1-4H3. The number of aryl methyl sites for hydroxylation is 2. The molecule has 4 nitrogen and oxygen atoms in total. The monoisotopic (exact) mass is 345 g/mol. The van der Waals surface area contributed by atoms with Crippen LogP contribution in [0.5, 0.6) is 0 Å². The van der Waals surface area contributed by atoms with Crippen molar-refractivity contribution >= 4 is 33.1 Å². The molecular formula is C19H27N3OS. The van der Waals surface area contributed by atoms with Crippen LogP contribution >= 0.6 is 11.3 Å². The molecule has 2 aromatic heterocycles. The Labute approximate surface area is 148 Å². The van der Waals surface area contributed by atoms with E-state index in [2.05, 4.69) is 6.07 Å². The lowest BCUT2D eigenvalue weighted by Crippen LogP contribution is -2.41. The first kappa shape index (κ1) is 17.2. The highest BCUT2D eigenvalue weighted by molar-refractivity contribution is 7.21. The molecule has 5 heteroatoms. The van der Waals surface area contributed by atoms with Crippen LogP contribution in [0, 0.1) is 0 Å². The minimum Gasteiger partial charge on any atom is -0.397 e. The predicted octanol–water partition coefficient (Wildman–Crippen LogP) is 4.41. The molecule has 2 N–H and O–H groups in total. The molecule has 0 spiro atoms. The van der Waals surface area contributed by atoms with Gasteiger partial charge in [0.1, 0.15) is 9.71 Å². The van der Waals surface area contributed by atoms with E-state index in [1.165, 1.54) is 41.9 Å². The van der Waals surface area contributed by atoms with Gasteiger partial charge in [0.05, 0.1) is 5.69 Å². The van der Waals surface area contributed by atoms with E-state index in [4.69, 9.17) is 10.7 Å². The molecule has 24 heavy (non-hydrogen) atoms. The van der Waals surface area contributed by atoms with E-state index in [0.717, 1.165) is 23.1 Å². The highest BCUT2D eigenvalue weighted by atomic mass is 32.1. The number of carbonyl (C=O) groups is 1. The van der Waals surface area contributed by atoms with Crippen molar-refractivity contribution in [3.63, 3.8) is 0 Å². The zero-order valence-corrected chi connectivity index (χ0v) is 15.9. The lowest BCUT2D eigenvalue weighted by Gasteiger charge is -2.30. The van der Waals surface area contributed by atoms with Crippen LogP contribution in [0.1, 0.15) is 67.9 Å². The molecule has 2 heterocycles. The van der Waals surface area contributed by atoms with Gasteiger partial charge in [-0.15, -0.1) is 11.3 Å². The summed E-state index contributed by atoms with van der Waals surface area (Å²) in [6, 6.07) is 2.47. The van der Waals surface area contributed by atoms with Gasteiger partial charge >= 0.3 is 0 Å². The van der Waals surface area contributed by atoms with Gasteiger partial charge in [0.25, 0.3) is 5.91 Å². The molecule has 0 saturated carbocycles. The van der Waals surface area contributed by atoms with Gasteiger partial charge in [0.2, 0.25) is 0 Å². The molecule has 0 aliphatic heterocycles. The fraction of sp³-hybridized carbons (Fsp3) is 0.579. The SMILES string of the molecule is CC(C)N(C(=O)c1sc2nc3c(cc2c1N)CCCCC3)C(C)C. The number of hydrogen-bond acceptors (Lipinski definition) is 4. The van der Waals surface area contributed by atoms with E-state index in [1.54, 1.807) is 0 Å². The van der Waals surface area contributed by atoms with Gasteiger partial charge in [-0.05, 0) is 65.0 Å². The number of amides is 1. The fourth-order valence-electron chi connectivity index (χ4n) is 3.68. The summed E-state index contributed by atoms with van der Waals surface area (Å²) in [6.45, 7) is 8.17. The normalized spacial score (nSPS) is 14.9. The lowest BCUT2D eigenvalue weighted by molar-refractivity contribution is 0.0650. The first-order chi connectivity index (χ1) is 11.4. The zero-order valence-electron chi connectivity index (χ0n) is 15.1. The first-order valence-electron chi connectivity index (χ1n) is 8.93. The molecule has 0 aromatic carbocycles. The number of anilines is 1. The van der Waals surface area contributed by atoms with Gasteiger partial charge < -0.3 is 10.6 Å². The van der Waals surface area contributed by atoms with Crippen molar-refractivity contribution in [1.29, 1.82) is 0 Å². The van der Waals surface area contributed by atoms with Gasteiger partial charge in [-0.1, -0.05) is 6.42 Å². The molecule has 1 amide bonds. The van der Waals surface area contributed by atoms with Crippen molar-refractivity contribution in [2.45, 2.75) is 71.9 Å². The summed E-state index contributed by atoms with van der Waals surface area (Å²) in [6.07, 6.45) is 5.79. The number of nitrogens with two attached hydrogens (primary N) is 1. The number of nitrogen functional groups attached to an aromatic ring is 1. The van der Waals surface area contributed by atoms with Crippen LogP contribution < -0.4 is 5.73 Å². The van der Waals surface area contributed by atoms with E-state index in [9.17, 15) is 4.79 Å². The summed E-state index contributed by atoms with van der Waals surface area (Å²) in [5, 5.41) is 0.955. The van der Waals surface area contributed by atoms with Crippen molar-refractivity contribution in [3.8, 4) is 0 Å². The average Bonchev–Trinajstić information content (AvgIpc) is 2.69. The minimum atomic E-state index is 0.0238. The predicted molar refractivity (Wildman–Crippen MR) is 102 cm³/mol. The van der Waals surface area contributed by atoms with Crippen LogP contribution in [0.15, 0.2) is 6.07 Å². The van der Waals surface area contributed by atoms with E-state index in [0.29, 0.717) is 10.6 Å². The Bertz CT molecular complexity index is 756. The largest absolute Gasteiger partial charge is 0.397 e. The van der Waals surface area contributed by atoms with Crippen molar-refractivity contribution in [3.05, 3.63) is 22.2 Å². The third-order valence-electron chi connectivity index (χ3n) is 4.79. The Morgan fingerprint density at radius 3 is 2.50 bits per heavy atom. The molecule has 130 valence electrons. The Hall–Kier alpha value is -1.62. The van der Waals surface area contributed by atoms with Crippen molar-refractivity contribution < 1.29 is 4.79 Å². The molecule has 0 radical (unpaired) electrons. The Kier molecular flexibility index (Phi) is 4.81. The molecular weight excluding hydrogens is 318 g/mol. The third kappa shape index (κ3) is 3.02. The summed E-state index contributed by atoms with van der Waals surface area (Å²) in [4.78, 5) is 21.3. The maximum Gasteiger partial charge on any atom is 0.266 e. The number of aromatic nitrogens is 1. The van der Waals surface area contributed by atoms with Crippen LogP contribution in [0.3, 0.4) is 0 Å². The molecule has 3 rings (SSSR count). The molecule has 0 saturated heterocycles. The Morgan fingerprint density at radius 2 is 1.83 bits per heavy atom. The van der Waals surface area contributed by atoms with Crippen molar-refractivity contribution in [2.24, 2.45) is 0 Å². The number of fused-ring (bicyclic) bond motifs is 2. The van der Waals surface area contributed by atoms with Gasteiger partial charge in [0.15, 0.2) is 0 Å². The van der Waals surface area contributed by atoms with Gasteiger partial charge in [-0.2, -0.15) is 0 Å². The molecule has 0 unspecified atom stereocenters. The highest BCUT2D eigenvalue weighted by Gasteiger charge is 2.27. The van der Waals surface area contributed by atoms with Crippen LogP contribution in [0.2, 0.25) is 0 Å². The van der Waals surface area contributed by atoms with E-state index in [1.807, 2.05) is 32.6 Å². The summed E-state index contributed by atoms with van der Waals surface area (Å²) >= 11 is 1.45. The molecule has 2 aromatic rings. The molecule has 0 atom stereocenters. The second kappa shape index (κ2) is 6.71. The van der Waals surface area contributed by atoms with Gasteiger partial charge in [0, 0.05) is 23.2 Å². The van der Waals surface area contributed by atoms with Crippen LogP contribution in [-0.2, 0) is 12.8 Å². The molecule has 0 bridgehead atoms. The van der Waals surface area contributed by atoms with Crippen LogP contribution in [-0.4, -0.2) is 27.9 Å². The van der Waals surface area contributed by atoms with Crippen LogP contribution in [0.25, 0.3) is 10.2 Å². The van der Waals surface area contributed by atoms with Crippen LogP contribution in [0.4, 0.5) is 5.69 Å². The first-order valence-corrected chi connectivity index (χ1v) is 9.75. The van der Waals surface area contributed by atoms with Gasteiger partial charge in [-0.25, -0.2) is 4.98 Å². The van der Waals surface area contributed by atoms with Crippen molar-refractivity contribution in [2.75, 3.05) is 5.73 Å². The number of hydrogen-bond donors (Lipinski definition) is 1. The molecule has 1 aliphatic carbocycles. The smallest absolute Gasteiger partial charge is 0.266 e. The average molecular weight is 346 g/mol. The number of pyridine rings is 1. The third-order valence-corrected chi connectivity index (χ3v) is 5.89. The summed E-state index contributed by atoms with van der Waals surface area (Å²) in [5.41, 5.74) is 9.49. The maximum absolute atomic E-state index is 13.0. The van der Waals surface area contributed by atoms with E-state index < -0.39 is 0 Å². The summed E-state index contributed by atoms with van der Waals surface area (Å²) in [7, 11) is 0. The minimum absolute atomic E-state index is 0.0238. The second-order valence-corrected chi connectivity index (χ2v) is 8.25. The van der Waals surface area contributed by atoms with E-state index >= 15 is 0 Å². The number of thiophene rings is 1. The summed E-state index contributed by atoms with van der Waals surface area (Å²) in [5.74, 6) is 0.0238. The molecule has 1 aliphatic rings. The quantitative estimate of drug-likeness (QED) is 0.838. The topological polar surface area (TPSA) is 59.2 Å². The molecule has 0 fully saturated rings. The summed E-state index contributed by atoms with van der Waals surface area (Å²) < 4.78 is 0. The lowest BCUT2D eigenvalue weighted by atomic mass is 10.1. The van der Waals surface area contributed by atoms with E-state index in [-0.39, 0.29) is 18.0 Å². The Balaban J connectivity index is 2.07. The van der Waals surface area contributed by atoms with Gasteiger partial charge in [-0.3, -0.25) is 4.79 Å². The number of rotatable bonds is 3. The number of carbonyl (C=O) groups excluding carboxylic acids is 1.